The van der Waals surface area contributed by atoms with E-state index in [9.17, 15) is 0 Å². The Morgan fingerprint density at radius 2 is 2.20 bits per heavy atom. The third-order valence-corrected chi connectivity index (χ3v) is 6.19. The van der Waals surface area contributed by atoms with Crippen LogP contribution in [0.5, 0.6) is 0 Å². The summed E-state index contributed by atoms with van der Waals surface area (Å²) in [4.78, 5) is 4.18. The van der Waals surface area contributed by atoms with Gasteiger partial charge in [0, 0.05) is 36.1 Å². The van der Waals surface area contributed by atoms with Crippen LogP contribution in [0, 0.1) is 0 Å². The number of halogens is 1. The number of nitrogens with zero attached hydrogens (tertiary/aromatic N) is 1. The van der Waals surface area contributed by atoms with Gasteiger partial charge in [-0.3, -0.25) is 4.90 Å². The van der Waals surface area contributed by atoms with Gasteiger partial charge in [0.1, 0.15) is 0 Å². The molecule has 2 aliphatic rings. The molecule has 0 aromatic carbocycles. The standard InChI is InChI=1S/C16H25ClN2S/c1-2-5-13-10-19(11-14-6-7-15(17)20-14)16(12-18-13)8-3-4-9-16/h6-7,13,18H,2-5,8-12H2,1H3. The van der Waals surface area contributed by atoms with Gasteiger partial charge in [-0.1, -0.05) is 37.8 Å². The third kappa shape index (κ3) is 3.06. The van der Waals surface area contributed by atoms with Crippen LogP contribution < -0.4 is 5.32 Å². The number of piperazine rings is 1. The number of hydrogen-bond acceptors (Lipinski definition) is 3. The molecule has 1 aliphatic heterocycles. The maximum atomic E-state index is 6.10. The van der Waals surface area contributed by atoms with E-state index in [1.807, 2.05) is 6.07 Å². The van der Waals surface area contributed by atoms with Crippen molar-refractivity contribution in [3.8, 4) is 0 Å². The van der Waals surface area contributed by atoms with Crippen LogP contribution in [-0.2, 0) is 6.54 Å². The first-order valence-electron chi connectivity index (χ1n) is 7.94. The average Bonchev–Trinajstić information content (AvgIpc) is 3.05. The van der Waals surface area contributed by atoms with Crippen LogP contribution >= 0.6 is 22.9 Å². The summed E-state index contributed by atoms with van der Waals surface area (Å²) < 4.78 is 0.917. The van der Waals surface area contributed by atoms with E-state index in [1.54, 1.807) is 11.3 Å². The van der Waals surface area contributed by atoms with Crippen LogP contribution in [-0.4, -0.2) is 29.6 Å². The lowest BCUT2D eigenvalue weighted by molar-refractivity contribution is 0.0347. The predicted octanol–water partition coefficient (Wildman–Crippen LogP) is 4.29. The molecule has 1 aromatic rings. The Morgan fingerprint density at radius 3 is 2.85 bits per heavy atom. The smallest absolute Gasteiger partial charge is 0.0931 e. The minimum Gasteiger partial charge on any atom is -0.311 e. The summed E-state index contributed by atoms with van der Waals surface area (Å²) >= 11 is 7.84. The van der Waals surface area contributed by atoms with Crippen LogP contribution in [0.25, 0.3) is 0 Å². The average molecular weight is 313 g/mol. The van der Waals surface area contributed by atoms with Gasteiger partial charge in [-0.15, -0.1) is 11.3 Å². The summed E-state index contributed by atoms with van der Waals surface area (Å²) in [5.74, 6) is 0. The van der Waals surface area contributed by atoms with E-state index in [1.165, 1.54) is 56.5 Å². The highest BCUT2D eigenvalue weighted by molar-refractivity contribution is 7.16. The Morgan fingerprint density at radius 1 is 1.40 bits per heavy atom. The Kier molecular flexibility index (Phi) is 4.71. The second-order valence-corrected chi connectivity index (χ2v) is 8.18. The molecule has 0 bridgehead atoms. The first-order valence-corrected chi connectivity index (χ1v) is 9.14. The van der Waals surface area contributed by atoms with E-state index in [2.05, 4.69) is 23.2 Å². The zero-order valence-electron chi connectivity index (χ0n) is 12.3. The second-order valence-electron chi connectivity index (χ2n) is 6.38. The predicted molar refractivity (Wildman–Crippen MR) is 87.6 cm³/mol. The number of hydrogen-bond donors (Lipinski definition) is 1. The topological polar surface area (TPSA) is 15.3 Å². The largest absolute Gasteiger partial charge is 0.311 e. The molecular formula is C16H25ClN2S. The van der Waals surface area contributed by atoms with Gasteiger partial charge in [0.25, 0.3) is 0 Å². The zero-order valence-corrected chi connectivity index (χ0v) is 13.9. The lowest BCUT2D eigenvalue weighted by atomic mass is 9.90. The highest BCUT2D eigenvalue weighted by Crippen LogP contribution is 2.38. The summed E-state index contributed by atoms with van der Waals surface area (Å²) in [6, 6.07) is 4.91. The molecule has 2 heterocycles. The van der Waals surface area contributed by atoms with Crippen LogP contribution in [0.15, 0.2) is 12.1 Å². The fourth-order valence-electron chi connectivity index (χ4n) is 3.90. The molecule has 0 amide bonds. The molecular weight excluding hydrogens is 288 g/mol. The molecule has 2 nitrogen and oxygen atoms in total. The molecule has 1 atom stereocenters. The van der Waals surface area contributed by atoms with E-state index in [0.29, 0.717) is 11.6 Å². The number of thiophene rings is 1. The van der Waals surface area contributed by atoms with Gasteiger partial charge in [0.15, 0.2) is 0 Å². The monoisotopic (exact) mass is 312 g/mol. The molecule has 1 saturated carbocycles. The molecule has 1 spiro atoms. The van der Waals surface area contributed by atoms with Crippen molar-refractivity contribution in [2.24, 2.45) is 0 Å². The summed E-state index contributed by atoms with van der Waals surface area (Å²) in [6.07, 6.45) is 8.06. The van der Waals surface area contributed by atoms with Gasteiger partial charge in [-0.25, -0.2) is 0 Å². The fraction of sp³-hybridized carbons (Fsp3) is 0.750. The van der Waals surface area contributed by atoms with Crippen molar-refractivity contribution in [1.82, 2.24) is 10.2 Å². The fourth-order valence-corrected chi connectivity index (χ4v) is 5.00. The normalized spacial score (nSPS) is 26.4. The van der Waals surface area contributed by atoms with E-state index in [0.717, 1.165) is 10.9 Å². The maximum absolute atomic E-state index is 6.10. The van der Waals surface area contributed by atoms with Gasteiger partial charge in [0.2, 0.25) is 0 Å². The van der Waals surface area contributed by atoms with E-state index >= 15 is 0 Å². The van der Waals surface area contributed by atoms with Crippen LogP contribution in [0.3, 0.4) is 0 Å². The molecule has 1 aliphatic carbocycles. The van der Waals surface area contributed by atoms with Gasteiger partial charge < -0.3 is 5.32 Å². The van der Waals surface area contributed by atoms with Crippen LogP contribution in [0.2, 0.25) is 4.34 Å². The summed E-state index contributed by atoms with van der Waals surface area (Å²) in [7, 11) is 0. The SMILES string of the molecule is CCCC1CN(Cc2ccc(Cl)s2)C2(CCCC2)CN1. The third-order valence-electron chi connectivity index (χ3n) is 4.98. The lowest BCUT2D eigenvalue weighted by Crippen LogP contribution is -2.63. The highest BCUT2D eigenvalue weighted by Gasteiger charge is 2.43. The first kappa shape index (κ1) is 14.8. The molecule has 112 valence electrons. The molecule has 1 unspecified atom stereocenters. The molecule has 2 fully saturated rings. The zero-order chi connectivity index (χ0) is 14.0. The Balaban J connectivity index is 1.74. The van der Waals surface area contributed by atoms with E-state index in [4.69, 9.17) is 11.6 Å². The Labute approximate surface area is 131 Å². The van der Waals surface area contributed by atoms with Crippen molar-refractivity contribution in [2.75, 3.05) is 13.1 Å². The van der Waals surface area contributed by atoms with E-state index < -0.39 is 0 Å². The van der Waals surface area contributed by atoms with E-state index in [-0.39, 0.29) is 0 Å². The van der Waals surface area contributed by atoms with Crippen molar-refractivity contribution >= 4 is 22.9 Å². The molecule has 1 aromatic heterocycles. The molecule has 0 radical (unpaired) electrons. The molecule has 1 saturated heterocycles. The van der Waals surface area contributed by atoms with Gasteiger partial charge in [-0.05, 0) is 31.4 Å². The van der Waals surface area contributed by atoms with Gasteiger partial charge in [-0.2, -0.15) is 0 Å². The maximum Gasteiger partial charge on any atom is 0.0931 e. The number of rotatable bonds is 4. The highest BCUT2D eigenvalue weighted by atomic mass is 35.5. The Hall–Kier alpha value is -0.0900. The number of nitrogens with one attached hydrogen (secondary N) is 1. The Bertz CT molecular complexity index is 439. The molecule has 20 heavy (non-hydrogen) atoms. The lowest BCUT2D eigenvalue weighted by Gasteiger charge is -2.48. The second kappa shape index (κ2) is 6.35. The minimum absolute atomic E-state index is 0.417. The molecule has 3 rings (SSSR count). The summed E-state index contributed by atoms with van der Waals surface area (Å²) in [6.45, 7) is 5.74. The molecule has 1 N–H and O–H groups in total. The molecule has 4 heteroatoms. The summed E-state index contributed by atoms with van der Waals surface area (Å²) in [5, 5.41) is 3.81. The quantitative estimate of drug-likeness (QED) is 0.892. The van der Waals surface area contributed by atoms with Gasteiger partial charge >= 0.3 is 0 Å². The van der Waals surface area contributed by atoms with Crippen molar-refractivity contribution in [1.29, 1.82) is 0 Å². The van der Waals surface area contributed by atoms with Gasteiger partial charge in [0.05, 0.1) is 4.34 Å². The van der Waals surface area contributed by atoms with Crippen molar-refractivity contribution in [3.05, 3.63) is 21.3 Å². The van der Waals surface area contributed by atoms with Crippen molar-refractivity contribution in [3.63, 3.8) is 0 Å². The first-order chi connectivity index (χ1) is 9.72. The minimum atomic E-state index is 0.417. The van der Waals surface area contributed by atoms with Crippen LogP contribution in [0.1, 0.15) is 50.3 Å². The van der Waals surface area contributed by atoms with Crippen LogP contribution in [0.4, 0.5) is 0 Å². The summed E-state index contributed by atoms with van der Waals surface area (Å²) in [5.41, 5.74) is 0.417. The van der Waals surface area contributed by atoms with Crippen molar-refractivity contribution in [2.45, 2.75) is 63.6 Å². The van der Waals surface area contributed by atoms with Crippen molar-refractivity contribution < 1.29 is 0 Å².